The minimum absolute atomic E-state index is 0.0579. The number of thioether (sulfide) groups is 1. The Kier molecular flexibility index (Phi) is 6.10. The van der Waals surface area contributed by atoms with E-state index in [0.29, 0.717) is 22.6 Å². The second kappa shape index (κ2) is 8.06. The number of esters is 1. The van der Waals surface area contributed by atoms with Crippen LogP contribution in [0.2, 0.25) is 0 Å². The number of carbonyl (C=O) groups excluding carboxylic acids is 1. The van der Waals surface area contributed by atoms with Gasteiger partial charge in [0.05, 0.1) is 24.4 Å². The minimum Gasteiger partial charge on any atom is -0.469 e. The highest BCUT2D eigenvalue weighted by molar-refractivity contribution is 8.09. The summed E-state index contributed by atoms with van der Waals surface area (Å²) in [6, 6.07) is 9.54. The molecule has 1 aromatic heterocycles. The Balaban J connectivity index is 2.45. The Morgan fingerprint density at radius 3 is 2.73 bits per heavy atom. The molecule has 1 aromatic carbocycles. The van der Waals surface area contributed by atoms with Crippen LogP contribution in [0.4, 0.5) is 0 Å². The quantitative estimate of drug-likeness (QED) is 0.579. The molecule has 0 N–H and O–H groups in total. The van der Waals surface area contributed by atoms with Crippen molar-refractivity contribution in [3.05, 3.63) is 47.9 Å². The van der Waals surface area contributed by atoms with Gasteiger partial charge < -0.3 is 9.15 Å². The van der Waals surface area contributed by atoms with Gasteiger partial charge in [-0.25, -0.2) is 4.98 Å². The van der Waals surface area contributed by atoms with E-state index in [9.17, 15) is 4.79 Å². The molecular weight excluding hydrogens is 322 g/mol. The standard InChI is InChI=1S/C16H16ClNO3S/c1-3-13(22-10-17)15-12(9-14(19)20-2)18-16(21-15)11-7-5-4-6-8-11/h3-8H,9-10H2,1-2H3/b13-3-. The van der Waals surface area contributed by atoms with E-state index in [0.717, 1.165) is 10.5 Å². The van der Waals surface area contributed by atoms with Gasteiger partial charge in [0, 0.05) is 10.5 Å². The van der Waals surface area contributed by atoms with Gasteiger partial charge in [0.25, 0.3) is 0 Å². The van der Waals surface area contributed by atoms with Crippen LogP contribution in [0.15, 0.2) is 40.8 Å². The van der Waals surface area contributed by atoms with Gasteiger partial charge in [0.1, 0.15) is 0 Å². The molecule has 22 heavy (non-hydrogen) atoms. The molecule has 6 heteroatoms. The number of oxazole rings is 1. The molecule has 116 valence electrons. The smallest absolute Gasteiger partial charge is 0.311 e. The van der Waals surface area contributed by atoms with E-state index in [-0.39, 0.29) is 12.4 Å². The van der Waals surface area contributed by atoms with Gasteiger partial charge in [-0.1, -0.05) is 24.3 Å². The maximum Gasteiger partial charge on any atom is 0.311 e. The van der Waals surface area contributed by atoms with Crippen molar-refractivity contribution >= 4 is 34.2 Å². The van der Waals surface area contributed by atoms with Crippen LogP contribution >= 0.6 is 23.4 Å². The second-order valence-corrected chi connectivity index (χ2v) is 5.92. The third-order valence-electron chi connectivity index (χ3n) is 2.95. The lowest BCUT2D eigenvalue weighted by atomic mass is 10.2. The Labute approximate surface area is 138 Å². The summed E-state index contributed by atoms with van der Waals surface area (Å²) < 4.78 is 10.6. The summed E-state index contributed by atoms with van der Waals surface area (Å²) in [6.07, 6.45) is 1.95. The zero-order valence-corrected chi connectivity index (χ0v) is 13.9. The first kappa shape index (κ1) is 16.6. The topological polar surface area (TPSA) is 52.3 Å². The summed E-state index contributed by atoms with van der Waals surface area (Å²) in [5, 5.41) is 0.388. The molecule has 0 saturated carbocycles. The average Bonchev–Trinajstić information content (AvgIpc) is 2.97. The number of hydrogen-bond donors (Lipinski definition) is 0. The molecular formula is C16H16ClNO3S. The molecule has 0 unspecified atom stereocenters. The van der Waals surface area contributed by atoms with E-state index in [1.165, 1.54) is 18.9 Å². The van der Waals surface area contributed by atoms with Crippen LogP contribution in [0.3, 0.4) is 0 Å². The van der Waals surface area contributed by atoms with Crippen molar-refractivity contribution < 1.29 is 13.9 Å². The molecule has 1 heterocycles. The summed E-state index contributed by atoms with van der Waals surface area (Å²) in [5.74, 6) is 0.682. The van der Waals surface area contributed by atoms with Gasteiger partial charge in [0.2, 0.25) is 5.89 Å². The fourth-order valence-electron chi connectivity index (χ4n) is 1.92. The van der Waals surface area contributed by atoms with Crippen molar-refractivity contribution in [2.24, 2.45) is 0 Å². The van der Waals surface area contributed by atoms with Gasteiger partial charge >= 0.3 is 5.97 Å². The fraction of sp³-hybridized carbons (Fsp3) is 0.250. The van der Waals surface area contributed by atoms with Gasteiger partial charge in [-0.05, 0) is 19.1 Å². The number of carbonyl (C=O) groups is 1. The van der Waals surface area contributed by atoms with Crippen molar-refractivity contribution in [2.75, 3.05) is 12.3 Å². The molecule has 0 saturated heterocycles. The molecule has 0 fully saturated rings. The van der Waals surface area contributed by atoms with Crippen LogP contribution in [-0.4, -0.2) is 23.3 Å². The van der Waals surface area contributed by atoms with E-state index in [2.05, 4.69) is 4.98 Å². The first-order valence-corrected chi connectivity index (χ1v) is 8.19. The van der Waals surface area contributed by atoms with Crippen LogP contribution in [0.5, 0.6) is 0 Å². The highest BCUT2D eigenvalue weighted by Crippen LogP contribution is 2.34. The van der Waals surface area contributed by atoms with Crippen molar-refractivity contribution in [3.63, 3.8) is 0 Å². The fourth-order valence-corrected chi connectivity index (χ4v) is 2.84. The summed E-state index contributed by atoms with van der Waals surface area (Å²) in [6.45, 7) is 1.89. The maximum absolute atomic E-state index is 11.6. The van der Waals surface area contributed by atoms with Crippen LogP contribution in [0.25, 0.3) is 16.4 Å². The summed E-state index contributed by atoms with van der Waals surface area (Å²) in [5.41, 5.74) is 1.41. The molecule has 2 rings (SSSR count). The number of allylic oxidation sites excluding steroid dienone is 1. The van der Waals surface area contributed by atoms with E-state index >= 15 is 0 Å². The Bertz CT molecular complexity index is 667. The van der Waals surface area contributed by atoms with E-state index in [1.54, 1.807) is 0 Å². The highest BCUT2D eigenvalue weighted by Gasteiger charge is 2.20. The lowest BCUT2D eigenvalue weighted by Crippen LogP contribution is -2.06. The second-order valence-electron chi connectivity index (χ2n) is 4.32. The number of aromatic nitrogens is 1. The van der Waals surface area contributed by atoms with Crippen molar-refractivity contribution in [1.82, 2.24) is 4.98 Å². The first-order valence-electron chi connectivity index (χ1n) is 6.67. The zero-order chi connectivity index (χ0) is 15.9. The summed E-state index contributed by atoms with van der Waals surface area (Å²) in [7, 11) is 1.35. The monoisotopic (exact) mass is 337 g/mol. The number of rotatable bonds is 6. The summed E-state index contributed by atoms with van der Waals surface area (Å²) in [4.78, 5) is 16.9. The van der Waals surface area contributed by atoms with Crippen molar-refractivity contribution in [1.29, 1.82) is 0 Å². The molecule has 0 bridgehead atoms. The van der Waals surface area contributed by atoms with E-state index in [1.807, 2.05) is 43.3 Å². The minimum atomic E-state index is -0.361. The SMILES string of the molecule is C/C=C(\SCCl)c1oc(-c2ccccc2)nc1CC(=O)OC. The molecule has 0 radical (unpaired) electrons. The molecule has 0 atom stereocenters. The van der Waals surface area contributed by atoms with E-state index < -0.39 is 0 Å². The molecule has 2 aromatic rings. The van der Waals surface area contributed by atoms with Gasteiger partial charge in [-0.15, -0.1) is 23.4 Å². The number of halogens is 1. The normalized spacial score (nSPS) is 11.5. The van der Waals surface area contributed by atoms with Crippen LogP contribution < -0.4 is 0 Å². The van der Waals surface area contributed by atoms with Gasteiger partial charge in [-0.2, -0.15) is 0 Å². The number of ether oxygens (including phenoxy) is 1. The average molecular weight is 338 g/mol. The molecule has 0 aliphatic carbocycles. The number of nitrogens with zero attached hydrogens (tertiary/aromatic N) is 1. The summed E-state index contributed by atoms with van der Waals surface area (Å²) >= 11 is 7.23. The number of alkyl halides is 1. The molecule has 0 spiro atoms. The number of hydrogen-bond acceptors (Lipinski definition) is 5. The maximum atomic E-state index is 11.6. The molecule has 0 aliphatic rings. The largest absolute Gasteiger partial charge is 0.469 e. The van der Waals surface area contributed by atoms with Crippen LogP contribution in [0, 0.1) is 0 Å². The molecule has 0 amide bonds. The van der Waals surface area contributed by atoms with Crippen LogP contribution in [0.1, 0.15) is 18.4 Å². The zero-order valence-electron chi connectivity index (χ0n) is 12.3. The first-order chi connectivity index (χ1) is 10.7. The van der Waals surface area contributed by atoms with Gasteiger partial charge in [0.15, 0.2) is 5.76 Å². The van der Waals surface area contributed by atoms with Crippen molar-refractivity contribution in [3.8, 4) is 11.5 Å². The lowest BCUT2D eigenvalue weighted by Gasteiger charge is -2.03. The third kappa shape index (κ3) is 3.93. The van der Waals surface area contributed by atoms with Crippen LogP contribution in [-0.2, 0) is 16.0 Å². The molecule has 4 nitrogen and oxygen atoms in total. The molecule has 0 aliphatic heterocycles. The van der Waals surface area contributed by atoms with E-state index in [4.69, 9.17) is 20.8 Å². The highest BCUT2D eigenvalue weighted by atomic mass is 35.5. The third-order valence-corrected chi connectivity index (χ3v) is 4.12. The Morgan fingerprint density at radius 2 is 2.14 bits per heavy atom. The lowest BCUT2D eigenvalue weighted by molar-refractivity contribution is -0.139. The Hall–Kier alpha value is -1.72. The predicted octanol–water partition coefficient (Wildman–Crippen LogP) is 4.35. The number of methoxy groups -OCH3 is 1. The predicted molar refractivity (Wildman–Crippen MR) is 89.6 cm³/mol. The Morgan fingerprint density at radius 1 is 1.41 bits per heavy atom. The number of benzene rings is 1. The van der Waals surface area contributed by atoms with Gasteiger partial charge in [-0.3, -0.25) is 4.79 Å². The van der Waals surface area contributed by atoms with Crippen molar-refractivity contribution in [2.45, 2.75) is 13.3 Å².